The standard InChI is InChI=1S/C12H23N3O2/c1-9-4-3-5-15(8-9)12(16)14-10-6-13-7-11(10)17-2/h9-11,13H,3-8H2,1-2H3,(H,14,16)/t9?,10?,11-/m0/s1. The average Bonchev–Trinajstić information content (AvgIpc) is 2.76. The minimum absolute atomic E-state index is 0.0623. The first-order valence-corrected chi connectivity index (χ1v) is 6.49. The summed E-state index contributed by atoms with van der Waals surface area (Å²) in [5.41, 5.74) is 0. The van der Waals surface area contributed by atoms with E-state index in [1.807, 2.05) is 4.90 Å². The number of carbonyl (C=O) groups excluding carboxylic acids is 1. The Balaban J connectivity index is 1.83. The molecule has 17 heavy (non-hydrogen) atoms. The van der Waals surface area contributed by atoms with Gasteiger partial charge in [-0.3, -0.25) is 0 Å². The molecule has 3 atom stereocenters. The molecule has 2 N–H and O–H groups in total. The van der Waals surface area contributed by atoms with E-state index in [2.05, 4.69) is 17.6 Å². The SMILES string of the molecule is CO[C@H]1CNCC1NC(=O)N1CCCC(C)C1. The lowest BCUT2D eigenvalue weighted by Gasteiger charge is -2.32. The van der Waals surface area contributed by atoms with E-state index in [4.69, 9.17) is 4.74 Å². The molecule has 0 aliphatic carbocycles. The zero-order chi connectivity index (χ0) is 12.3. The van der Waals surface area contributed by atoms with Gasteiger partial charge in [0, 0.05) is 33.3 Å². The monoisotopic (exact) mass is 241 g/mol. The van der Waals surface area contributed by atoms with Gasteiger partial charge in [-0.1, -0.05) is 6.92 Å². The van der Waals surface area contributed by atoms with Crippen LogP contribution in [0.1, 0.15) is 19.8 Å². The fourth-order valence-corrected chi connectivity index (χ4v) is 2.67. The van der Waals surface area contributed by atoms with Gasteiger partial charge in [-0.2, -0.15) is 0 Å². The van der Waals surface area contributed by atoms with Gasteiger partial charge in [-0.05, 0) is 18.8 Å². The van der Waals surface area contributed by atoms with Gasteiger partial charge in [-0.15, -0.1) is 0 Å². The normalized spacial score (nSPS) is 33.8. The summed E-state index contributed by atoms with van der Waals surface area (Å²) in [6, 6.07) is 0.164. The summed E-state index contributed by atoms with van der Waals surface area (Å²) in [4.78, 5) is 14.0. The zero-order valence-electron chi connectivity index (χ0n) is 10.7. The second-order valence-corrected chi connectivity index (χ2v) is 5.18. The van der Waals surface area contributed by atoms with Gasteiger partial charge in [0.1, 0.15) is 0 Å². The smallest absolute Gasteiger partial charge is 0.317 e. The van der Waals surface area contributed by atoms with Crippen LogP contribution < -0.4 is 10.6 Å². The molecule has 2 aliphatic heterocycles. The third-order valence-electron chi connectivity index (χ3n) is 3.71. The molecule has 0 radical (unpaired) electrons. The van der Waals surface area contributed by atoms with Gasteiger partial charge in [0.05, 0.1) is 12.1 Å². The molecule has 2 unspecified atom stereocenters. The van der Waals surface area contributed by atoms with Crippen molar-refractivity contribution in [3.8, 4) is 0 Å². The van der Waals surface area contributed by atoms with Crippen LogP contribution in [0.15, 0.2) is 0 Å². The van der Waals surface area contributed by atoms with E-state index in [9.17, 15) is 4.79 Å². The van der Waals surface area contributed by atoms with Crippen LogP contribution >= 0.6 is 0 Å². The molecule has 0 aromatic rings. The number of nitrogens with one attached hydrogen (secondary N) is 2. The van der Waals surface area contributed by atoms with Crippen molar-refractivity contribution in [2.24, 2.45) is 5.92 Å². The molecule has 2 saturated heterocycles. The number of likely N-dealkylation sites (tertiary alicyclic amines) is 1. The Hall–Kier alpha value is -0.810. The Bertz CT molecular complexity index is 272. The van der Waals surface area contributed by atoms with Crippen LogP contribution in [0.4, 0.5) is 4.79 Å². The lowest BCUT2D eigenvalue weighted by molar-refractivity contribution is 0.0935. The van der Waals surface area contributed by atoms with Crippen molar-refractivity contribution in [3.05, 3.63) is 0 Å². The van der Waals surface area contributed by atoms with Crippen molar-refractivity contribution < 1.29 is 9.53 Å². The number of hydrogen-bond acceptors (Lipinski definition) is 3. The molecule has 2 fully saturated rings. The van der Waals surface area contributed by atoms with Gasteiger partial charge in [0.25, 0.3) is 0 Å². The molecule has 98 valence electrons. The first kappa shape index (κ1) is 12.6. The highest BCUT2D eigenvalue weighted by Crippen LogP contribution is 2.15. The molecule has 5 nitrogen and oxygen atoms in total. The van der Waals surface area contributed by atoms with Crippen molar-refractivity contribution in [2.75, 3.05) is 33.3 Å². The Morgan fingerprint density at radius 1 is 1.47 bits per heavy atom. The number of nitrogens with zero attached hydrogens (tertiary/aromatic N) is 1. The number of amides is 2. The number of urea groups is 1. The van der Waals surface area contributed by atoms with E-state index in [1.54, 1.807) is 7.11 Å². The molecule has 2 rings (SSSR count). The summed E-state index contributed by atoms with van der Waals surface area (Å²) in [5, 5.41) is 6.30. The van der Waals surface area contributed by atoms with Crippen LogP contribution in [0.2, 0.25) is 0 Å². The van der Waals surface area contributed by atoms with Crippen LogP contribution in [-0.4, -0.2) is 56.4 Å². The van der Waals surface area contributed by atoms with Crippen LogP contribution in [-0.2, 0) is 4.74 Å². The molecular formula is C12H23N3O2. The maximum Gasteiger partial charge on any atom is 0.317 e. The Morgan fingerprint density at radius 3 is 3.00 bits per heavy atom. The van der Waals surface area contributed by atoms with Crippen molar-refractivity contribution >= 4 is 6.03 Å². The minimum Gasteiger partial charge on any atom is -0.378 e. The predicted octanol–water partition coefficient (Wildman–Crippen LogP) is 0.415. The number of ether oxygens (including phenoxy) is 1. The predicted molar refractivity (Wildman–Crippen MR) is 66.0 cm³/mol. The van der Waals surface area contributed by atoms with Crippen molar-refractivity contribution in [2.45, 2.75) is 31.9 Å². The molecular weight excluding hydrogens is 218 g/mol. The first-order valence-electron chi connectivity index (χ1n) is 6.49. The van der Waals surface area contributed by atoms with E-state index < -0.39 is 0 Å². The van der Waals surface area contributed by atoms with Gasteiger partial charge in [0.15, 0.2) is 0 Å². The van der Waals surface area contributed by atoms with Gasteiger partial charge < -0.3 is 20.3 Å². The largest absolute Gasteiger partial charge is 0.378 e. The molecule has 2 heterocycles. The molecule has 2 aliphatic rings. The summed E-state index contributed by atoms with van der Waals surface area (Å²) >= 11 is 0. The topological polar surface area (TPSA) is 53.6 Å². The highest BCUT2D eigenvalue weighted by Gasteiger charge is 2.30. The third-order valence-corrected chi connectivity index (χ3v) is 3.71. The van der Waals surface area contributed by atoms with E-state index >= 15 is 0 Å². The number of hydrogen-bond donors (Lipinski definition) is 2. The first-order chi connectivity index (χ1) is 8.20. The number of methoxy groups -OCH3 is 1. The highest BCUT2D eigenvalue weighted by atomic mass is 16.5. The van der Waals surface area contributed by atoms with Crippen molar-refractivity contribution in [1.82, 2.24) is 15.5 Å². The van der Waals surface area contributed by atoms with Crippen molar-refractivity contribution in [3.63, 3.8) is 0 Å². The minimum atomic E-state index is 0.0623. The zero-order valence-corrected chi connectivity index (χ0v) is 10.7. The summed E-state index contributed by atoms with van der Waals surface area (Å²) < 4.78 is 5.34. The summed E-state index contributed by atoms with van der Waals surface area (Å²) in [6.45, 7) is 5.58. The molecule has 0 bridgehead atoms. The maximum absolute atomic E-state index is 12.1. The maximum atomic E-state index is 12.1. The highest BCUT2D eigenvalue weighted by molar-refractivity contribution is 5.74. The Labute approximate surface area is 103 Å². The summed E-state index contributed by atoms with van der Waals surface area (Å²) in [7, 11) is 1.69. The number of carbonyl (C=O) groups is 1. The second kappa shape index (κ2) is 5.69. The molecule has 0 saturated carbocycles. The van der Waals surface area contributed by atoms with Gasteiger partial charge in [0.2, 0.25) is 0 Å². The number of piperidine rings is 1. The molecule has 2 amide bonds. The Kier molecular flexibility index (Phi) is 4.23. The van der Waals surface area contributed by atoms with Crippen LogP contribution in [0, 0.1) is 5.92 Å². The lowest BCUT2D eigenvalue weighted by Crippen LogP contribution is -2.51. The Morgan fingerprint density at radius 2 is 2.29 bits per heavy atom. The van der Waals surface area contributed by atoms with Crippen LogP contribution in [0.3, 0.4) is 0 Å². The average molecular weight is 241 g/mol. The number of rotatable bonds is 2. The van der Waals surface area contributed by atoms with Gasteiger partial charge in [-0.25, -0.2) is 4.79 Å². The summed E-state index contributed by atoms with van der Waals surface area (Å²) in [6.07, 6.45) is 2.45. The van der Waals surface area contributed by atoms with E-state index in [1.165, 1.54) is 6.42 Å². The molecule has 0 aromatic carbocycles. The van der Waals surface area contributed by atoms with Crippen LogP contribution in [0.5, 0.6) is 0 Å². The third kappa shape index (κ3) is 3.10. The second-order valence-electron chi connectivity index (χ2n) is 5.18. The molecule has 5 heteroatoms. The van der Waals surface area contributed by atoms with Crippen molar-refractivity contribution in [1.29, 1.82) is 0 Å². The quantitative estimate of drug-likeness (QED) is 0.736. The summed E-state index contributed by atoms with van der Waals surface area (Å²) in [5.74, 6) is 0.620. The molecule has 0 spiro atoms. The lowest BCUT2D eigenvalue weighted by atomic mass is 10.0. The van der Waals surface area contributed by atoms with Crippen LogP contribution in [0.25, 0.3) is 0 Å². The fraction of sp³-hybridized carbons (Fsp3) is 0.917. The molecule has 0 aromatic heterocycles. The van der Waals surface area contributed by atoms with E-state index in [0.717, 1.165) is 32.6 Å². The van der Waals surface area contributed by atoms with Gasteiger partial charge >= 0.3 is 6.03 Å². The van der Waals surface area contributed by atoms with E-state index in [0.29, 0.717) is 5.92 Å². The fourth-order valence-electron chi connectivity index (χ4n) is 2.67. The van der Waals surface area contributed by atoms with E-state index in [-0.39, 0.29) is 18.2 Å².